The lowest BCUT2D eigenvalue weighted by atomic mass is 9.52. The number of hydrogen-bond donors (Lipinski definition) is 1. The number of piperidine rings is 1. The Bertz CT molecular complexity index is 246. The largest absolute Gasteiger partial charge is 0.214 e. The van der Waals surface area contributed by atoms with Gasteiger partial charge in [0.1, 0.15) is 0 Å². The molecule has 1 rings (SSSR count). The number of nitrogens with zero attached hydrogens (tertiary/aromatic N) is 1. The standard InChI is InChI=1S/C12H26N2O/c1-9-8-14(15-13)12(6,7)11(4,5)10(9,2)3/h9H,8,13H2,1-7H3. The summed E-state index contributed by atoms with van der Waals surface area (Å²) in [5.41, 5.74) is 0.348. The van der Waals surface area contributed by atoms with Crippen LogP contribution in [0.15, 0.2) is 0 Å². The molecule has 1 saturated heterocycles. The van der Waals surface area contributed by atoms with E-state index >= 15 is 0 Å². The van der Waals surface area contributed by atoms with Crippen LogP contribution in [0.5, 0.6) is 0 Å². The normalized spacial score (nSPS) is 34.0. The summed E-state index contributed by atoms with van der Waals surface area (Å²) in [6.45, 7) is 16.8. The van der Waals surface area contributed by atoms with E-state index in [0.29, 0.717) is 5.92 Å². The summed E-state index contributed by atoms with van der Waals surface area (Å²) in [5, 5.41) is 1.92. The van der Waals surface area contributed by atoms with Crippen molar-refractivity contribution in [2.24, 2.45) is 22.6 Å². The zero-order valence-electron chi connectivity index (χ0n) is 11.2. The molecule has 15 heavy (non-hydrogen) atoms. The molecule has 1 aliphatic rings. The van der Waals surface area contributed by atoms with Crippen molar-refractivity contribution in [3.05, 3.63) is 0 Å². The van der Waals surface area contributed by atoms with Gasteiger partial charge in [-0.05, 0) is 30.6 Å². The maximum absolute atomic E-state index is 5.38. The van der Waals surface area contributed by atoms with Crippen molar-refractivity contribution < 1.29 is 4.94 Å². The maximum Gasteiger partial charge on any atom is 0.0481 e. The van der Waals surface area contributed by atoms with Crippen LogP contribution in [0, 0.1) is 16.7 Å². The smallest absolute Gasteiger partial charge is 0.0481 e. The molecule has 90 valence electrons. The van der Waals surface area contributed by atoms with Gasteiger partial charge < -0.3 is 0 Å². The van der Waals surface area contributed by atoms with E-state index in [-0.39, 0.29) is 16.4 Å². The van der Waals surface area contributed by atoms with E-state index in [1.165, 1.54) is 0 Å². The molecular formula is C12H26N2O. The van der Waals surface area contributed by atoms with E-state index in [0.717, 1.165) is 6.54 Å². The van der Waals surface area contributed by atoms with Gasteiger partial charge in [-0.1, -0.05) is 34.6 Å². The Morgan fingerprint density at radius 2 is 1.60 bits per heavy atom. The molecule has 0 aromatic rings. The molecule has 2 N–H and O–H groups in total. The molecule has 0 radical (unpaired) electrons. The minimum absolute atomic E-state index is 0.0578. The van der Waals surface area contributed by atoms with Gasteiger partial charge >= 0.3 is 0 Å². The second-order valence-electron chi connectivity index (χ2n) is 6.47. The molecule has 0 spiro atoms. The van der Waals surface area contributed by atoms with Crippen LogP contribution in [0.1, 0.15) is 48.5 Å². The van der Waals surface area contributed by atoms with E-state index in [9.17, 15) is 0 Å². The van der Waals surface area contributed by atoms with Crippen molar-refractivity contribution in [2.45, 2.75) is 54.0 Å². The van der Waals surface area contributed by atoms with E-state index in [4.69, 9.17) is 10.8 Å². The molecule has 3 nitrogen and oxygen atoms in total. The minimum Gasteiger partial charge on any atom is -0.214 e. The molecule has 1 heterocycles. The Morgan fingerprint density at radius 3 is 2.00 bits per heavy atom. The fourth-order valence-corrected chi connectivity index (χ4v) is 2.60. The van der Waals surface area contributed by atoms with Crippen molar-refractivity contribution in [3.8, 4) is 0 Å². The Morgan fingerprint density at radius 1 is 1.13 bits per heavy atom. The molecule has 1 aliphatic heterocycles. The first-order chi connectivity index (χ1) is 6.59. The topological polar surface area (TPSA) is 38.5 Å². The van der Waals surface area contributed by atoms with Crippen LogP contribution in [0.4, 0.5) is 0 Å². The Labute approximate surface area is 93.9 Å². The average molecular weight is 214 g/mol. The number of hydroxylamine groups is 2. The summed E-state index contributed by atoms with van der Waals surface area (Å²) in [6.07, 6.45) is 0. The van der Waals surface area contributed by atoms with Crippen LogP contribution in [-0.2, 0) is 4.94 Å². The number of rotatable bonds is 1. The molecule has 0 bridgehead atoms. The van der Waals surface area contributed by atoms with Crippen molar-refractivity contribution in [1.82, 2.24) is 5.06 Å². The summed E-state index contributed by atoms with van der Waals surface area (Å²) < 4.78 is 0. The zero-order valence-corrected chi connectivity index (χ0v) is 11.2. The van der Waals surface area contributed by atoms with Gasteiger partial charge in [0.25, 0.3) is 0 Å². The second kappa shape index (κ2) is 3.44. The lowest BCUT2D eigenvalue weighted by molar-refractivity contribution is -0.299. The minimum atomic E-state index is -0.0578. The molecule has 1 atom stereocenters. The van der Waals surface area contributed by atoms with Gasteiger partial charge in [0.15, 0.2) is 0 Å². The first kappa shape index (κ1) is 12.9. The highest BCUT2D eigenvalue weighted by atomic mass is 16.8. The van der Waals surface area contributed by atoms with Crippen LogP contribution < -0.4 is 5.90 Å². The van der Waals surface area contributed by atoms with E-state index in [2.05, 4.69) is 48.5 Å². The van der Waals surface area contributed by atoms with Crippen LogP contribution in [0.3, 0.4) is 0 Å². The summed E-state index contributed by atoms with van der Waals surface area (Å²) in [7, 11) is 0. The van der Waals surface area contributed by atoms with E-state index in [1.807, 2.05) is 5.06 Å². The predicted molar refractivity (Wildman–Crippen MR) is 62.8 cm³/mol. The third kappa shape index (κ3) is 1.52. The summed E-state index contributed by atoms with van der Waals surface area (Å²) >= 11 is 0. The highest BCUT2D eigenvalue weighted by Crippen LogP contribution is 2.56. The average Bonchev–Trinajstić information content (AvgIpc) is 2.10. The summed E-state index contributed by atoms with van der Waals surface area (Å²) in [4.78, 5) is 5.04. The van der Waals surface area contributed by atoms with Crippen molar-refractivity contribution in [1.29, 1.82) is 0 Å². The van der Waals surface area contributed by atoms with Crippen LogP contribution in [0.2, 0.25) is 0 Å². The van der Waals surface area contributed by atoms with Crippen LogP contribution in [-0.4, -0.2) is 17.1 Å². The molecule has 1 fully saturated rings. The second-order valence-corrected chi connectivity index (χ2v) is 6.47. The van der Waals surface area contributed by atoms with Crippen LogP contribution >= 0.6 is 0 Å². The lowest BCUT2D eigenvalue weighted by Gasteiger charge is -2.62. The number of hydrogen-bond acceptors (Lipinski definition) is 3. The van der Waals surface area contributed by atoms with Gasteiger partial charge in [-0.25, -0.2) is 4.94 Å². The third-order valence-corrected chi connectivity index (χ3v) is 5.56. The predicted octanol–water partition coefficient (Wildman–Crippen LogP) is 2.57. The molecule has 0 amide bonds. The van der Waals surface area contributed by atoms with Gasteiger partial charge in [-0.15, -0.1) is 0 Å². The van der Waals surface area contributed by atoms with Crippen molar-refractivity contribution >= 4 is 0 Å². The molecule has 1 unspecified atom stereocenters. The summed E-state index contributed by atoms with van der Waals surface area (Å²) in [6, 6.07) is 0. The van der Waals surface area contributed by atoms with Gasteiger partial charge in [0.05, 0.1) is 0 Å². The summed E-state index contributed by atoms with van der Waals surface area (Å²) in [5.74, 6) is 5.94. The first-order valence-electron chi connectivity index (χ1n) is 5.73. The fraction of sp³-hybridized carbons (Fsp3) is 1.00. The van der Waals surface area contributed by atoms with Gasteiger partial charge in [-0.2, -0.15) is 11.0 Å². The van der Waals surface area contributed by atoms with Gasteiger partial charge in [0, 0.05) is 12.1 Å². The highest BCUT2D eigenvalue weighted by molar-refractivity contribution is 5.06. The van der Waals surface area contributed by atoms with Gasteiger partial charge in [0.2, 0.25) is 0 Å². The Kier molecular flexibility index (Phi) is 2.97. The quantitative estimate of drug-likeness (QED) is 0.682. The number of nitrogens with two attached hydrogens (primary N) is 1. The third-order valence-electron chi connectivity index (χ3n) is 5.56. The molecule has 0 aromatic heterocycles. The molecular weight excluding hydrogens is 188 g/mol. The molecule has 0 aliphatic carbocycles. The lowest BCUT2D eigenvalue weighted by Crippen LogP contribution is -2.67. The zero-order chi connectivity index (χ0) is 12.1. The van der Waals surface area contributed by atoms with E-state index < -0.39 is 0 Å². The molecule has 0 aromatic carbocycles. The monoisotopic (exact) mass is 214 g/mol. The molecule has 3 heteroatoms. The first-order valence-corrected chi connectivity index (χ1v) is 5.73. The van der Waals surface area contributed by atoms with Crippen LogP contribution in [0.25, 0.3) is 0 Å². The molecule has 0 saturated carbocycles. The highest BCUT2D eigenvalue weighted by Gasteiger charge is 2.57. The maximum atomic E-state index is 5.38. The van der Waals surface area contributed by atoms with Crippen molar-refractivity contribution in [2.75, 3.05) is 6.54 Å². The Hall–Kier alpha value is -0.120. The van der Waals surface area contributed by atoms with Gasteiger partial charge in [-0.3, -0.25) is 0 Å². The van der Waals surface area contributed by atoms with Crippen molar-refractivity contribution in [3.63, 3.8) is 0 Å². The fourth-order valence-electron chi connectivity index (χ4n) is 2.60. The Balaban J connectivity index is 3.16. The van der Waals surface area contributed by atoms with E-state index in [1.54, 1.807) is 0 Å². The SMILES string of the molecule is CC1CN(ON)C(C)(C)C(C)(C)C1(C)C.